The summed E-state index contributed by atoms with van der Waals surface area (Å²) < 4.78 is 1.81. The van der Waals surface area contributed by atoms with E-state index in [1.54, 1.807) is 4.68 Å². The third kappa shape index (κ3) is 1.27. The Balaban J connectivity index is 3.01. The van der Waals surface area contributed by atoms with Gasteiger partial charge in [0.1, 0.15) is 0 Å². The Morgan fingerprint density at radius 3 is 2.67 bits per heavy atom. The molecule has 0 amide bonds. The molecule has 1 aromatic rings. The summed E-state index contributed by atoms with van der Waals surface area (Å²) in [6.07, 6.45) is 1.99. The minimum absolute atomic E-state index is 0.777. The van der Waals surface area contributed by atoms with Crippen molar-refractivity contribution < 1.29 is 0 Å². The van der Waals surface area contributed by atoms with Gasteiger partial charge >= 0.3 is 0 Å². The molecule has 0 atom stereocenters. The van der Waals surface area contributed by atoms with Crippen LogP contribution >= 0.6 is 12.6 Å². The second kappa shape index (κ2) is 2.43. The summed E-state index contributed by atoms with van der Waals surface area (Å²) in [5.41, 5.74) is 2.29. The zero-order valence-corrected chi connectivity index (χ0v) is 6.52. The fraction of sp³-hybridized carbons (Fsp3) is 0.500. The lowest BCUT2D eigenvalue weighted by Gasteiger charge is -1.84. The van der Waals surface area contributed by atoms with Gasteiger partial charge in [0.15, 0.2) is 0 Å². The number of rotatable bonds is 1. The van der Waals surface area contributed by atoms with Gasteiger partial charge in [0.2, 0.25) is 0 Å². The molecule has 0 radical (unpaired) electrons. The summed E-state index contributed by atoms with van der Waals surface area (Å²) in [5, 5.41) is 4.15. The first-order valence-electron chi connectivity index (χ1n) is 2.84. The monoisotopic (exact) mass is 142 g/mol. The maximum absolute atomic E-state index is 4.15. The average Bonchev–Trinajstić information content (AvgIpc) is 2.10. The molecule has 1 aromatic heterocycles. The highest BCUT2D eigenvalue weighted by Gasteiger charge is 1.97. The lowest BCUT2D eigenvalue weighted by atomic mass is 10.3. The fourth-order valence-corrected chi connectivity index (χ4v) is 1.11. The minimum atomic E-state index is 0.777. The first kappa shape index (κ1) is 6.68. The normalized spacial score (nSPS) is 10.1. The number of aryl methyl sites for hydroxylation is 2. The highest BCUT2D eigenvalue weighted by Crippen LogP contribution is 2.06. The van der Waals surface area contributed by atoms with Gasteiger partial charge in [-0.25, -0.2) is 0 Å². The van der Waals surface area contributed by atoms with E-state index < -0.39 is 0 Å². The van der Waals surface area contributed by atoms with Crippen LogP contribution in [0.25, 0.3) is 0 Å². The maximum Gasteiger partial charge on any atom is 0.0633 e. The van der Waals surface area contributed by atoms with Crippen LogP contribution in [0.1, 0.15) is 11.3 Å². The van der Waals surface area contributed by atoms with E-state index in [1.165, 1.54) is 5.56 Å². The van der Waals surface area contributed by atoms with E-state index in [2.05, 4.69) is 17.7 Å². The summed E-state index contributed by atoms with van der Waals surface area (Å²) in [4.78, 5) is 0. The first-order valence-corrected chi connectivity index (χ1v) is 3.47. The minimum Gasteiger partial charge on any atom is -0.275 e. The summed E-state index contributed by atoms with van der Waals surface area (Å²) in [6.45, 7) is 1.99. The van der Waals surface area contributed by atoms with Crippen LogP contribution in [0.4, 0.5) is 0 Å². The molecule has 0 aliphatic carbocycles. The van der Waals surface area contributed by atoms with E-state index in [0.717, 1.165) is 11.4 Å². The molecule has 0 saturated heterocycles. The predicted octanol–water partition coefficient (Wildman–Crippen LogP) is 1.16. The first-order chi connectivity index (χ1) is 4.24. The van der Waals surface area contributed by atoms with Crippen LogP contribution in [-0.2, 0) is 12.8 Å². The van der Waals surface area contributed by atoms with Crippen LogP contribution in [0.5, 0.6) is 0 Å². The molecule has 0 aliphatic heterocycles. The van der Waals surface area contributed by atoms with Crippen molar-refractivity contribution in [2.45, 2.75) is 12.7 Å². The van der Waals surface area contributed by atoms with Crippen molar-refractivity contribution >= 4 is 12.6 Å². The molecule has 0 N–H and O–H groups in total. The van der Waals surface area contributed by atoms with E-state index in [1.807, 2.05) is 20.2 Å². The van der Waals surface area contributed by atoms with Crippen LogP contribution in [0, 0.1) is 6.92 Å². The summed E-state index contributed by atoms with van der Waals surface area (Å²) in [7, 11) is 1.92. The number of hydrogen-bond acceptors (Lipinski definition) is 2. The summed E-state index contributed by atoms with van der Waals surface area (Å²) in [6, 6.07) is 0. The van der Waals surface area contributed by atoms with Gasteiger partial charge in [0.25, 0.3) is 0 Å². The lowest BCUT2D eigenvalue weighted by molar-refractivity contribution is 0.756. The van der Waals surface area contributed by atoms with Gasteiger partial charge < -0.3 is 0 Å². The van der Waals surface area contributed by atoms with Crippen molar-refractivity contribution in [3.63, 3.8) is 0 Å². The molecule has 2 nitrogen and oxygen atoms in total. The standard InChI is InChI=1S/C6H10N2S/c1-5-6(4-9)3-8(2)7-5/h3,9H,4H2,1-2H3. The molecular weight excluding hydrogens is 132 g/mol. The van der Waals surface area contributed by atoms with Crippen molar-refractivity contribution in [2.75, 3.05) is 0 Å². The molecule has 0 aromatic carbocycles. The Bertz CT molecular complexity index is 205. The van der Waals surface area contributed by atoms with Crippen molar-refractivity contribution in [3.05, 3.63) is 17.5 Å². The van der Waals surface area contributed by atoms with Crippen LogP contribution in [0.15, 0.2) is 6.20 Å². The molecule has 0 fully saturated rings. The number of aromatic nitrogens is 2. The molecule has 0 bridgehead atoms. The second-order valence-electron chi connectivity index (χ2n) is 2.07. The number of hydrogen-bond donors (Lipinski definition) is 1. The fourth-order valence-electron chi connectivity index (χ4n) is 0.804. The molecule has 1 heterocycles. The van der Waals surface area contributed by atoms with Crippen molar-refractivity contribution in [3.8, 4) is 0 Å². The quantitative estimate of drug-likeness (QED) is 0.582. The van der Waals surface area contributed by atoms with Crippen LogP contribution < -0.4 is 0 Å². The van der Waals surface area contributed by atoms with Crippen molar-refractivity contribution in [2.24, 2.45) is 7.05 Å². The molecule has 9 heavy (non-hydrogen) atoms. The van der Waals surface area contributed by atoms with Crippen LogP contribution in [0.2, 0.25) is 0 Å². The third-order valence-electron chi connectivity index (χ3n) is 1.29. The highest BCUT2D eigenvalue weighted by atomic mass is 32.1. The lowest BCUT2D eigenvalue weighted by Crippen LogP contribution is -1.86. The van der Waals surface area contributed by atoms with Crippen molar-refractivity contribution in [1.82, 2.24) is 9.78 Å². The number of nitrogens with zero attached hydrogens (tertiary/aromatic N) is 2. The van der Waals surface area contributed by atoms with Gasteiger partial charge in [0, 0.05) is 24.6 Å². The van der Waals surface area contributed by atoms with E-state index in [-0.39, 0.29) is 0 Å². The zero-order valence-electron chi connectivity index (χ0n) is 5.63. The highest BCUT2D eigenvalue weighted by molar-refractivity contribution is 7.79. The Morgan fingerprint density at radius 1 is 1.78 bits per heavy atom. The van der Waals surface area contributed by atoms with Gasteiger partial charge in [0.05, 0.1) is 5.69 Å². The predicted molar refractivity (Wildman–Crippen MR) is 40.6 cm³/mol. The van der Waals surface area contributed by atoms with Crippen LogP contribution in [-0.4, -0.2) is 9.78 Å². The van der Waals surface area contributed by atoms with Gasteiger partial charge in [-0.05, 0) is 6.92 Å². The van der Waals surface area contributed by atoms with E-state index in [4.69, 9.17) is 0 Å². The zero-order chi connectivity index (χ0) is 6.85. The number of thiol groups is 1. The topological polar surface area (TPSA) is 17.8 Å². The molecule has 50 valence electrons. The van der Waals surface area contributed by atoms with E-state index in [9.17, 15) is 0 Å². The van der Waals surface area contributed by atoms with Crippen LogP contribution in [0.3, 0.4) is 0 Å². The maximum atomic E-state index is 4.15. The molecule has 0 saturated carbocycles. The molecular formula is C6H10N2S. The van der Waals surface area contributed by atoms with Gasteiger partial charge in [-0.2, -0.15) is 17.7 Å². The Kier molecular flexibility index (Phi) is 1.81. The molecule has 3 heteroatoms. The summed E-state index contributed by atoms with van der Waals surface area (Å²) >= 11 is 4.14. The van der Waals surface area contributed by atoms with E-state index in [0.29, 0.717) is 0 Å². The largest absolute Gasteiger partial charge is 0.275 e. The molecule has 0 spiro atoms. The van der Waals surface area contributed by atoms with Gasteiger partial charge in [-0.1, -0.05) is 0 Å². The summed E-state index contributed by atoms with van der Waals surface area (Å²) in [5.74, 6) is 0.777. The molecule has 0 unspecified atom stereocenters. The Morgan fingerprint density at radius 2 is 2.44 bits per heavy atom. The second-order valence-corrected chi connectivity index (χ2v) is 2.39. The molecule has 0 aliphatic rings. The van der Waals surface area contributed by atoms with Crippen molar-refractivity contribution in [1.29, 1.82) is 0 Å². The smallest absolute Gasteiger partial charge is 0.0633 e. The average molecular weight is 142 g/mol. The van der Waals surface area contributed by atoms with Gasteiger partial charge in [-0.3, -0.25) is 4.68 Å². The SMILES string of the molecule is Cc1nn(C)cc1CS. The van der Waals surface area contributed by atoms with Gasteiger partial charge in [-0.15, -0.1) is 0 Å². The Labute approximate surface area is 60.3 Å². The third-order valence-corrected chi connectivity index (χ3v) is 1.63. The molecule has 1 rings (SSSR count). The Hall–Kier alpha value is -0.440. The van der Waals surface area contributed by atoms with E-state index >= 15 is 0 Å².